The van der Waals surface area contributed by atoms with Gasteiger partial charge in [-0.15, -0.1) is 0 Å². The topological polar surface area (TPSA) is 63.4 Å². The van der Waals surface area contributed by atoms with Crippen LogP contribution >= 0.6 is 0 Å². The van der Waals surface area contributed by atoms with Crippen molar-refractivity contribution >= 4 is 12.2 Å². The fourth-order valence-corrected chi connectivity index (χ4v) is 3.75. The number of phenolic OH excluding ortho intramolecular Hbond substituents is 1. The molecule has 30 heavy (non-hydrogen) atoms. The molecule has 0 unspecified atom stereocenters. The molecule has 2 heterocycles. The minimum atomic E-state index is 0.217. The van der Waals surface area contributed by atoms with E-state index in [0.29, 0.717) is 17.2 Å². The molecular weight excluding hydrogens is 376 g/mol. The first kappa shape index (κ1) is 20.2. The van der Waals surface area contributed by atoms with Crippen molar-refractivity contribution in [3.63, 3.8) is 0 Å². The number of aromatic hydroxyl groups is 1. The van der Waals surface area contributed by atoms with Crippen molar-refractivity contribution in [1.29, 1.82) is 0 Å². The van der Waals surface area contributed by atoms with Gasteiger partial charge in [0.2, 0.25) is 0 Å². The molecule has 4 rings (SSSR count). The van der Waals surface area contributed by atoms with E-state index in [1.165, 1.54) is 19.3 Å². The van der Waals surface area contributed by atoms with Gasteiger partial charge in [-0.25, -0.2) is 9.67 Å². The summed E-state index contributed by atoms with van der Waals surface area (Å²) in [4.78, 5) is 7.19. The molecule has 0 aliphatic carbocycles. The van der Waals surface area contributed by atoms with E-state index in [1.54, 1.807) is 13.2 Å². The lowest BCUT2D eigenvalue weighted by Crippen LogP contribution is -2.32. The summed E-state index contributed by atoms with van der Waals surface area (Å²) in [5, 5.41) is 15.1. The third-order valence-electron chi connectivity index (χ3n) is 5.45. The van der Waals surface area contributed by atoms with Crippen LogP contribution in [0.2, 0.25) is 0 Å². The third kappa shape index (κ3) is 4.89. The normalized spacial score (nSPS) is 15.0. The van der Waals surface area contributed by atoms with Crippen molar-refractivity contribution in [2.24, 2.45) is 0 Å². The van der Waals surface area contributed by atoms with Crippen LogP contribution in [0.3, 0.4) is 0 Å². The zero-order chi connectivity index (χ0) is 20.8. The lowest BCUT2D eigenvalue weighted by Gasteiger charge is -2.26. The monoisotopic (exact) mass is 404 g/mol. The lowest BCUT2D eigenvalue weighted by atomic mass is 10.1. The summed E-state index contributed by atoms with van der Waals surface area (Å²) < 4.78 is 7.12. The first-order valence-electron chi connectivity index (χ1n) is 10.5. The van der Waals surface area contributed by atoms with Crippen LogP contribution in [0.4, 0.5) is 0 Å². The molecule has 0 saturated carbocycles. The van der Waals surface area contributed by atoms with E-state index in [-0.39, 0.29) is 5.75 Å². The van der Waals surface area contributed by atoms with Crippen LogP contribution in [-0.2, 0) is 6.54 Å². The van der Waals surface area contributed by atoms with Crippen LogP contribution in [0.15, 0.2) is 48.5 Å². The number of methoxy groups -OCH3 is 1. The number of likely N-dealkylation sites (tertiary alicyclic amines) is 1. The van der Waals surface area contributed by atoms with E-state index >= 15 is 0 Å². The average molecular weight is 405 g/mol. The molecule has 1 fully saturated rings. The summed E-state index contributed by atoms with van der Waals surface area (Å²) in [6.45, 7) is 3.97. The van der Waals surface area contributed by atoms with Gasteiger partial charge in [0.25, 0.3) is 0 Å². The highest BCUT2D eigenvalue weighted by atomic mass is 16.5. The zero-order valence-electron chi connectivity index (χ0n) is 17.4. The summed E-state index contributed by atoms with van der Waals surface area (Å²) in [5.74, 6) is 2.37. The number of nitrogens with zero attached hydrogens (tertiary/aromatic N) is 4. The van der Waals surface area contributed by atoms with Gasteiger partial charge >= 0.3 is 0 Å². The highest BCUT2D eigenvalue weighted by molar-refractivity contribution is 5.69. The van der Waals surface area contributed by atoms with Crippen LogP contribution in [0.1, 0.15) is 30.7 Å². The zero-order valence-corrected chi connectivity index (χ0v) is 17.4. The average Bonchev–Trinajstić information content (AvgIpc) is 3.20. The maximum atomic E-state index is 10.4. The van der Waals surface area contributed by atoms with Crippen molar-refractivity contribution in [2.45, 2.75) is 25.8 Å². The summed E-state index contributed by atoms with van der Waals surface area (Å²) in [7, 11) is 1.66. The van der Waals surface area contributed by atoms with Crippen molar-refractivity contribution in [2.75, 3.05) is 26.7 Å². The van der Waals surface area contributed by atoms with Gasteiger partial charge in [0.1, 0.15) is 11.5 Å². The number of aromatic nitrogens is 3. The molecule has 0 atom stereocenters. The van der Waals surface area contributed by atoms with Gasteiger partial charge in [0.05, 0.1) is 19.2 Å². The Hall–Kier alpha value is -3.12. The number of piperidine rings is 1. The summed E-state index contributed by atoms with van der Waals surface area (Å²) in [6.07, 6.45) is 7.74. The molecule has 1 saturated heterocycles. The van der Waals surface area contributed by atoms with Gasteiger partial charge in [-0.3, -0.25) is 0 Å². The molecular formula is C24H28N4O2. The highest BCUT2D eigenvalue weighted by Gasteiger charge is 2.16. The Morgan fingerprint density at radius 1 is 0.967 bits per heavy atom. The quantitative estimate of drug-likeness (QED) is 0.636. The summed E-state index contributed by atoms with van der Waals surface area (Å²) >= 11 is 0. The number of phenols is 1. The van der Waals surface area contributed by atoms with E-state index in [0.717, 1.165) is 37.5 Å². The number of rotatable bonds is 7. The van der Waals surface area contributed by atoms with Crippen LogP contribution in [-0.4, -0.2) is 51.5 Å². The standard InChI is InChI=1S/C24H28N4O2/c1-30-20-12-9-19(10-13-20)11-14-23-25-24(21-7-3-4-8-22(21)29)28(26-23)18-17-27-15-5-2-6-16-27/h3-4,7-14,29H,2,5-6,15-18H2,1H3/b14-11+. The maximum absolute atomic E-state index is 10.4. The van der Waals surface area contributed by atoms with Gasteiger partial charge < -0.3 is 14.7 Å². The summed E-state index contributed by atoms with van der Waals surface area (Å²) in [5.41, 5.74) is 1.75. The molecule has 1 aromatic heterocycles. The Morgan fingerprint density at radius 2 is 1.73 bits per heavy atom. The first-order valence-corrected chi connectivity index (χ1v) is 10.5. The second-order valence-electron chi connectivity index (χ2n) is 7.54. The number of benzene rings is 2. The van der Waals surface area contributed by atoms with Crippen molar-refractivity contribution in [3.8, 4) is 22.9 Å². The van der Waals surface area contributed by atoms with Crippen LogP contribution < -0.4 is 4.74 Å². The molecule has 0 radical (unpaired) electrons. The van der Waals surface area contributed by atoms with Gasteiger partial charge in [0.15, 0.2) is 11.6 Å². The van der Waals surface area contributed by atoms with Gasteiger partial charge in [-0.05, 0) is 61.8 Å². The SMILES string of the molecule is COc1ccc(/C=C/c2nc(-c3ccccc3O)n(CCN3CCCCC3)n2)cc1. The molecule has 1 aliphatic heterocycles. The Kier molecular flexibility index (Phi) is 6.44. The van der Waals surface area contributed by atoms with Crippen LogP contribution in [0.25, 0.3) is 23.5 Å². The first-order chi connectivity index (χ1) is 14.7. The second kappa shape index (κ2) is 9.59. The molecule has 0 spiro atoms. The number of hydrogen-bond acceptors (Lipinski definition) is 5. The van der Waals surface area contributed by atoms with Gasteiger partial charge in [-0.1, -0.05) is 36.8 Å². The van der Waals surface area contributed by atoms with Crippen LogP contribution in [0.5, 0.6) is 11.5 Å². The molecule has 6 heteroatoms. The Balaban J connectivity index is 1.57. The van der Waals surface area contributed by atoms with Crippen molar-refractivity contribution in [1.82, 2.24) is 19.7 Å². The van der Waals surface area contributed by atoms with Crippen molar-refractivity contribution in [3.05, 3.63) is 59.9 Å². The molecule has 3 aromatic rings. The largest absolute Gasteiger partial charge is 0.507 e. The van der Waals surface area contributed by atoms with E-state index in [9.17, 15) is 5.11 Å². The number of ether oxygens (including phenoxy) is 1. The molecule has 6 nitrogen and oxygen atoms in total. The Morgan fingerprint density at radius 3 is 2.47 bits per heavy atom. The molecule has 2 aromatic carbocycles. The second-order valence-corrected chi connectivity index (χ2v) is 7.54. The van der Waals surface area contributed by atoms with E-state index in [2.05, 4.69) is 4.90 Å². The molecule has 0 amide bonds. The molecule has 1 N–H and O–H groups in total. The smallest absolute Gasteiger partial charge is 0.174 e. The fourth-order valence-electron chi connectivity index (χ4n) is 3.75. The summed E-state index contributed by atoms with van der Waals surface area (Å²) in [6, 6.07) is 15.1. The predicted molar refractivity (Wildman–Crippen MR) is 119 cm³/mol. The van der Waals surface area contributed by atoms with Gasteiger partial charge in [0, 0.05) is 6.54 Å². The Labute approximate surface area is 177 Å². The predicted octanol–water partition coefficient (Wildman–Crippen LogP) is 4.32. The van der Waals surface area contributed by atoms with E-state index in [1.807, 2.05) is 59.3 Å². The maximum Gasteiger partial charge on any atom is 0.174 e. The molecule has 1 aliphatic rings. The van der Waals surface area contributed by atoms with Gasteiger partial charge in [-0.2, -0.15) is 5.10 Å². The number of hydrogen-bond donors (Lipinski definition) is 1. The minimum absolute atomic E-state index is 0.217. The van der Waals surface area contributed by atoms with Crippen LogP contribution in [0, 0.1) is 0 Å². The van der Waals surface area contributed by atoms with E-state index < -0.39 is 0 Å². The minimum Gasteiger partial charge on any atom is -0.507 e. The fraction of sp³-hybridized carbons (Fsp3) is 0.333. The van der Waals surface area contributed by atoms with E-state index in [4.69, 9.17) is 14.8 Å². The Bertz CT molecular complexity index is 989. The van der Waals surface area contributed by atoms with Crippen molar-refractivity contribution < 1.29 is 9.84 Å². The molecule has 156 valence electrons. The molecule has 0 bridgehead atoms. The highest BCUT2D eigenvalue weighted by Crippen LogP contribution is 2.27. The lowest BCUT2D eigenvalue weighted by molar-refractivity contribution is 0.218. The number of para-hydroxylation sites is 1. The third-order valence-corrected chi connectivity index (χ3v) is 5.45.